The Bertz CT molecular complexity index is 672. The highest BCUT2D eigenvalue weighted by Crippen LogP contribution is 2.32. The van der Waals surface area contributed by atoms with Gasteiger partial charge in [0, 0.05) is 16.2 Å². The molecule has 21 heavy (non-hydrogen) atoms. The number of rotatable bonds is 3. The molecule has 0 aliphatic carbocycles. The van der Waals surface area contributed by atoms with Gasteiger partial charge in [0.1, 0.15) is 13.2 Å². The predicted molar refractivity (Wildman–Crippen MR) is 83.9 cm³/mol. The second-order valence-electron chi connectivity index (χ2n) is 4.67. The Morgan fingerprint density at radius 1 is 1.10 bits per heavy atom. The van der Waals surface area contributed by atoms with Gasteiger partial charge in [-0.25, -0.2) is 0 Å². The van der Waals surface area contributed by atoms with Crippen LogP contribution in [0.1, 0.15) is 5.56 Å². The summed E-state index contributed by atoms with van der Waals surface area (Å²) in [5, 5.41) is 2.87. The lowest BCUT2D eigenvalue weighted by atomic mass is 10.1. The zero-order valence-corrected chi connectivity index (χ0v) is 12.9. The SMILES string of the molecule is O=C(Cc1ccccc1Br)Nc1ccc2c(c1)OCCO2. The fraction of sp³-hybridized carbons (Fsp3) is 0.188. The van der Waals surface area contributed by atoms with Gasteiger partial charge in [0.25, 0.3) is 0 Å². The third kappa shape index (κ3) is 3.36. The largest absolute Gasteiger partial charge is 0.486 e. The van der Waals surface area contributed by atoms with Gasteiger partial charge in [0.2, 0.25) is 5.91 Å². The van der Waals surface area contributed by atoms with E-state index in [-0.39, 0.29) is 5.91 Å². The van der Waals surface area contributed by atoms with Crippen LogP contribution in [-0.4, -0.2) is 19.1 Å². The van der Waals surface area contributed by atoms with Crippen molar-refractivity contribution in [1.29, 1.82) is 0 Å². The summed E-state index contributed by atoms with van der Waals surface area (Å²) in [5.74, 6) is 1.31. The number of hydrogen-bond acceptors (Lipinski definition) is 3. The summed E-state index contributed by atoms with van der Waals surface area (Å²) < 4.78 is 11.9. The van der Waals surface area contributed by atoms with E-state index in [1.807, 2.05) is 36.4 Å². The number of carbonyl (C=O) groups is 1. The molecule has 3 rings (SSSR count). The maximum Gasteiger partial charge on any atom is 0.228 e. The lowest BCUT2D eigenvalue weighted by Crippen LogP contribution is -2.17. The third-order valence-corrected chi connectivity index (χ3v) is 3.91. The van der Waals surface area contributed by atoms with Crippen LogP contribution >= 0.6 is 15.9 Å². The molecule has 0 unspecified atom stereocenters. The van der Waals surface area contributed by atoms with Gasteiger partial charge >= 0.3 is 0 Å². The summed E-state index contributed by atoms with van der Waals surface area (Å²) in [4.78, 5) is 12.1. The normalized spacial score (nSPS) is 12.8. The minimum atomic E-state index is -0.0708. The molecule has 0 radical (unpaired) electrons. The van der Waals surface area contributed by atoms with Crippen LogP contribution < -0.4 is 14.8 Å². The fourth-order valence-electron chi connectivity index (χ4n) is 2.14. The highest BCUT2D eigenvalue weighted by molar-refractivity contribution is 9.10. The lowest BCUT2D eigenvalue weighted by molar-refractivity contribution is -0.115. The van der Waals surface area contributed by atoms with E-state index in [1.54, 1.807) is 6.07 Å². The van der Waals surface area contributed by atoms with Gasteiger partial charge in [-0.15, -0.1) is 0 Å². The Labute approximate surface area is 131 Å². The molecule has 0 atom stereocenters. The Morgan fingerprint density at radius 3 is 2.67 bits per heavy atom. The number of ether oxygens (including phenoxy) is 2. The van der Waals surface area contributed by atoms with E-state index in [0.717, 1.165) is 10.0 Å². The number of amides is 1. The van der Waals surface area contributed by atoms with Crippen molar-refractivity contribution in [2.24, 2.45) is 0 Å². The first-order valence-corrected chi connectivity index (χ1v) is 7.44. The molecular formula is C16H14BrNO3. The molecule has 0 aromatic heterocycles. The van der Waals surface area contributed by atoms with Crippen LogP contribution in [0.15, 0.2) is 46.9 Å². The minimum absolute atomic E-state index is 0.0708. The standard InChI is InChI=1S/C16H14BrNO3/c17-13-4-2-1-3-11(13)9-16(19)18-12-5-6-14-15(10-12)21-8-7-20-14/h1-6,10H,7-9H2,(H,18,19). The molecule has 0 spiro atoms. The summed E-state index contributed by atoms with van der Waals surface area (Å²) in [6, 6.07) is 13.1. The van der Waals surface area contributed by atoms with Gasteiger partial charge in [-0.3, -0.25) is 4.79 Å². The van der Waals surface area contributed by atoms with Crippen LogP contribution in [0, 0.1) is 0 Å². The zero-order valence-electron chi connectivity index (χ0n) is 11.3. The van der Waals surface area contributed by atoms with E-state index in [9.17, 15) is 4.79 Å². The second-order valence-corrected chi connectivity index (χ2v) is 5.53. The third-order valence-electron chi connectivity index (χ3n) is 3.13. The van der Waals surface area contributed by atoms with Crippen molar-refractivity contribution in [2.75, 3.05) is 18.5 Å². The molecule has 108 valence electrons. The highest BCUT2D eigenvalue weighted by Gasteiger charge is 2.13. The molecule has 2 aromatic rings. The predicted octanol–water partition coefficient (Wildman–Crippen LogP) is 3.40. The van der Waals surface area contributed by atoms with E-state index in [2.05, 4.69) is 21.2 Å². The first kappa shape index (κ1) is 13.9. The molecular weight excluding hydrogens is 334 g/mol. The molecule has 5 heteroatoms. The molecule has 1 aliphatic heterocycles. The summed E-state index contributed by atoms with van der Waals surface area (Å²) >= 11 is 3.44. The van der Waals surface area contributed by atoms with Crippen molar-refractivity contribution in [3.05, 3.63) is 52.5 Å². The van der Waals surface area contributed by atoms with Gasteiger partial charge in [0.15, 0.2) is 11.5 Å². The van der Waals surface area contributed by atoms with Crippen LogP contribution in [-0.2, 0) is 11.2 Å². The van der Waals surface area contributed by atoms with E-state index in [0.29, 0.717) is 36.8 Å². The molecule has 0 saturated heterocycles. The molecule has 2 aromatic carbocycles. The number of fused-ring (bicyclic) bond motifs is 1. The molecule has 4 nitrogen and oxygen atoms in total. The topological polar surface area (TPSA) is 47.6 Å². The van der Waals surface area contributed by atoms with Crippen molar-refractivity contribution in [3.63, 3.8) is 0 Å². The number of hydrogen-bond donors (Lipinski definition) is 1. The summed E-state index contributed by atoms with van der Waals surface area (Å²) in [6.07, 6.45) is 0.315. The summed E-state index contributed by atoms with van der Waals surface area (Å²) in [7, 11) is 0. The van der Waals surface area contributed by atoms with Gasteiger partial charge in [-0.2, -0.15) is 0 Å². The second kappa shape index (κ2) is 6.18. The van der Waals surface area contributed by atoms with Gasteiger partial charge in [-0.1, -0.05) is 34.1 Å². The Morgan fingerprint density at radius 2 is 1.86 bits per heavy atom. The van der Waals surface area contributed by atoms with Crippen LogP contribution in [0.5, 0.6) is 11.5 Å². The number of nitrogens with one attached hydrogen (secondary N) is 1. The fourth-order valence-corrected chi connectivity index (χ4v) is 2.57. The van der Waals surface area contributed by atoms with Gasteiger partial charge in [-0.05, 0) is 23.8 Å². The van der Waals surface area contributed by atoms with Crippen LogP contribution in [0.2, 0.25) is 0 Å². The monoisotopic (exact) mass is 347 g/mol. The van der Waals surface area contributed by atoms with Crippen molar-refractivity contribution in [2.45, 2.75) is 6.42 Å². The van der Waals surface area contributed by atoms with Gasteiger partial charge in [0.05, 0.1) is 6.42 Å². The number of benzene rings is 2. The molecule has 0 fully saturated rings. The van der Waals surface area contributed by atoms with Crippen LogP contribution in [0.3, 0.4) is 0 Å². The van der Waals surface area contributed by atoms with E-state index in [4.69, 9.17) is 9.47 Å². The summed E-state index contributed by atoms with van der Waals surface area (Å²) in [6.45, 7) is 1.09. The molecule has 0 saturated carbocycles. The Kier molecular flexibility index (Phi) is 4.10. The van der Waals surface area contributed by atoms with Crippen molar-refractivity contribution < 1.29 is 14.3 Å². The Balaban J connectivity index is 1.69. The maximum atomic E-state index is 12.1. The lowest BCUT2D eigenvalue weighted by Gasteiger charge is -2.19. The van der Waals surface area contributed by atoms with Crippen molar-refractivity contribution in [1.82, 2.24) is 0 Å². The highest BCUT2D eigenvalue weighted by atomic mass is 79.9. The minimum Gasteiger partial charge on any atom is -0.486 e. The maximum absolute atomic E-state index is 12.1. The van der Waals surface area contributed by atoms with E-state index >= 15 is 0 Å². The number of carbonyl (C=O) groups excluding carboxylic acids is 1. The molecule has 0 bridgehead atoms. The molecule has 1 amide bonds. The number of anilines is 1. The zero-order chi connectivity index (χ0) is 14.7. The average Bonchev–Trinajstić information content (AvgIpc) is 2.49. The van der Waals surface area contributed by atoms with Crippen LogP contribution in [0.4, 0.5) is 5.69 Å². The Hall–Kier alpha value is -2.01. The smallest absolute Gasteiger partial charge is 0.228 e. The van der Waals surface area contributed by atoms with Crippen molar-refractivity contribution >= 4 is 27.5 Å². The van der Waals surface area contributed by atoms with Crippen LogP contribution in [0.25, 0.3) is 0 Å². The average molecular weight is 348 g/mol. The van der Waals surface area contributed by atoms with Crippen molar-refractivity contribution in [3.8, 4) is 11.5 Å². The van der Waals surface area contributed by atoms with Gasteiger partial charge < -0.3 is 14.8 Å². The van der Waals surface area contributed by atoms with E-state index < -0.39 is 0 Å². The molecule has 1 heterocycles. The molecule has 1 N–H and O–H groups in total. The quantitative estimate of drug-likeness (QED) is 0.925. The summed E-state index contributed by atoms with van der Waals surface area (Å²) in [5.41, 5.74) is 1.66. The first-order valence-electron chi connectivity index (χ1n) is 6.65. The number of halogens is 1. The first-order chi connectivity index (χ1) is 10.2. The van der Waals surface area contributed by atoms with E-state index in [1.165, 1.54) is 0 Å². The molecule has 1 aliphatic rings.